The average Bonchev–Trinajstić information content (AvgIpc) is 3.05. The Labute approximate surface area is 102 Å². The van der Waals surface area contributed by atoms with Crippen LogP contribution in [0.3, 0.4) is 0 Å². The first-order chi connectivity index (χ1) is 8.24. The van der Waals surface area contributed by atoms with Crippen LogP contribution in [0.4, 0.5) is 4.79 Å². The standard InChI is InChI=1S/C13H22N2O2/c1-2-17-13(16)15-12-10-3-7(6-14)4-11(12)9-5-8(9)10/h7-12H,2-6,14H2,1H3,(H,15,16)/t7?,8-,9+,10?,11?,12?. The number of rotatable bonds is 3. The summed E-state index contributed by atoms with van der Waals surface area (Å²) in [6.07, 6.45) is 3.55. The average molecular weight is 238 g/mol. The highest BCUT2D eigenvalue weighted by Gasteiger charge is 2.62. The summed E-state index contributed by atoms with van der Waals surface area (Å²) in [7, 11) is 0. The van der Waals surface area contributed by atoms with E-state index in [4.69, 9.17) is 10.5 Å². The van der Waals surface area contributed by atoms with Gasteiger partial charge < -0.3 is 15.8 Å². The molecule has 0 saturated heterocycles. The summed E-state index contributed by atoms with van der Waals surface area (Å²) in [6, 6.07) is 0.362. The summed E-state index contributed by atoms with van der Waals surface area (Å²) in [5.41, 5.74) is 5.80. The topological polar surface area (TPSA) is 64.3 Å². The molecule has 2 bridgehead atoms. The summed E-state index contributed by atoms with van der Waals surface area (Å²) in [6.45, 7) is 3.10. The lowest BCUT2D eigenvalue weighted by atomic mass is 9.74. The van der Waals surface area contributed by atoms with E-state index < -0.39 is 0 Å². The van der Waals surface area contributed by atoms with Crippen molar-refractivity contribution < 1.29 is 9.53 Å². The SMILES string of the molecule is CCOC(=O)NC1C2CC(CN)CC1[C@@H]1C[C@H]21. The van der Waals surface area contributed by atoms with Gasteiger partial charge in [-0.1, -0.05) is 0 Å². The smallest absolute Gasteiger partial charge is 0.407 e. The molecule has 3 saturated carbocycles. The number of nitrogens with one attached hydrogen (secondary N) is 1. The second kappa shape index (κ2) is 4.16. The lowest BCUT2D eigenvalue weighted by molar-refractivity contribution is 0.119. The molecule has 3 fully saturated rings. The van der Waals surface area contributed by atoms with Crippen LogP contribution in [0.25, 0.3) is 0 Å². The maximum Gasteiger partial charge on any atom is 0.407 e. The summed E-state index contributed by atoms with van der Waals surface area (Å²) in [5.74, 6) is 3.73. The minimum atomic E-state index is -0.236. The van der Waals surface area contributed by atoms with E-state index in [1.807, 2.05) is 6.92 Å². The van der Waals surface area contributed by atoms with Gasteiger partial charge in [0.05, 0.1) is 6.61 Å². The highest BCUT2D eigenvalue weighted by molar-refractivity contribution is 5.67. The molecule has 3 aliphatic rings. The monoisotopic (exact) mass is 238 g/mol. The molecule has 3 N–H and O–H groups in total. The van der Waals surface area contributed by atoms with Crippen molar-refractivity contribution in [3.8, 4) is 0 Å². The molecule has 0 heterocycles. The van der Waals surface area contributed by atoms with Gasteiger partial charge in [-0.15, -0.1) is 0 Å². The van der Waals surface area contributed by atoms with Gasteiger partial charge in [0.15, 0.2) is 0 Å². The third kappa shape index (κ3) is 1.82. The van der Waals surface area contributed by atoms with Gasteiger partial charge in [0, 0.05) is 6.04 Å². The number of carbonyl (C=O) groups excluding carboxylic acids is 1. The number of hydrogen-bond donors (Lipinski definition) is 2. The fourth-order valence-electron chi connectivity index (χ4n) is 4.29. The maximum atomic E-state index is 11.5. The van der Waals surface area contributed by atoms with E-state index in [1.165, 1.54) is 19.3 Å². The number of nitrogens with two attached hydrogens (primary N) is 1. The number of amides is 1. The summed E-state index contributed by atoms with van der Waals surface area (Å²) >= 11 is 0. The van der Waals surface area contributed by atoms with Crippen LogP contribution in [0.2, 0.25) is 0 Å². The third-order valence-electron chi connectivity index (χ3n) is 5.02. The zero-order valence-corrected chi connectivity index (χ0v) is 10.4. The zero-order chi connectivity index (χ0) is 12.0. The molecule has 4 heteroatoms. The second-order valence-electron chi connectivity index (χ2n) is 5.85. The molecule has 96 valence electrons. The number of alkyl carbamates (subject to hydrolysis) is 1. The molecule has 1 amide bonds. The van der Waals surface area contributed by atoms with Crippen molar-refractivity contribution in [2.24, 2.45) is 35.3 Å². The Balaban J connectivity index is 1.65. The second-order valence-corrected chi connectivity index (χ2v) is 5.85. The van der Waals surface area contributed by atoms with E-state index in [0.717, 1.165) is 18.4 Å². The number of ether oxygens (including phenoxy) is 1. The van der Waals surface area contributed by atoms with Gasteiger partial charge in [-0.05, 0) is 62.3 Å². The van der Waals surface area contributed by atoms with Crippen molar-refractivity contribution >= 4 is 6.09 Å². The molecule has 0 aromatic carbocycles. The molecule has 3 rings (SSSR count). The lowest BCUT2D eigenvalue weighted by Crippen LogP contribution is -2.48. The van der Waals surface area contributed by atoms with E-state index in [1.54, 1.807) is 0 Å². The van der Waals surface area contributed by atoms with Gasteiger partial charge >= 0.3 is 6.09 Å². The zero-order valence-electron chi connectivity index (χ0n) is 10.4. The quantitative estimate of drug-likeness (QED) is 0.780. The molecular formula is C13H22N2O2. The minimum Gasteiger partial charge on any atom is -0.450 e. The molecule has 4 unspecified atom stereocenters. The maximum absolute atomic E-state index is 11.5. The Morgan fingerprint density at radius 2 is 1.88 bits per heavy atom. The van der Waals surface area contributed by atoms with Gasteiger partial charge in [0.25, 0.3) is 0 Å². The van der Waals surface area contributed by atoms with Crippen LogP contribution in [0.1, 0.15) is 26.2 Å². The molecule has 0 aliphatic heterocycles. The van der Waals surface area contributed by atoms with Crippen LogP contribution < -0.4 is 11.1 Å². The largest absolute Gasteiger partial charge is 0.450 e. The predicted molar refractivity (Wildman–Crippen MR) is 64.3 cm³/mol. The number of fused-ring (bicyclic) bond motifs is 5. The molecular weight excluding hydrogens is 216 g/mol. The molecule has 17 heavy (non-hydrogen) atoms. The van der Waals surface area contributed by atoms with Crippen LogP contribution in [-0.4, -0.2) is 25.3 Å². The van der Waals surface area contributed by atoms with Crippen molar-refractivity contribution in [3.05, 3.63) is 0 Å². The van der Waals surface area contributed by atoms with E-state index in [-0.39, 0.29) is 6.09 Å². The molecule has 4 nitrogen and oxygen atoms in total. The van der Waals surface area contributed by atoms with Crippen LogP contribution in [0, 0.1) is 29.6 Å². The molecule has 0 radical (unpaired) electrons. The summed E-state index contributed by atoms with van der Waals surface area (Å²) in [5, 5.41) is 3.09. The summed E-state index contributed by atoms with van der Waals surface area (Å²) < 4.78 is 5.00. The first kappa shape index (κ1) is 11.3. The van der Waals surface area contributed by atoms with Gasteiger partial charge in [0.1, 0.15) is 0 Å². The van der Waals surface area contributed by atoms with Crippen LogP contribution >= 0.6 is 0 Å². The third-order valence-corrected chi connectivity index (χ3v) is 5.02. The Morgan fingerprint density at radius 3 is 2.41 bits per heavy atom. The highest BCUT2D eigenvalue weighted by Crippen LogP contribution is 2.64. The van der Waals surface area contributed by atoms with Crippen molar-refractivity contribution in [2.45, 2.75) is 32.2 Å². The predicted octanol–water partition coefficient (Wildman–Crippen LogP) is 1.35. The van der Waals surface area contributed by atoms with Crippen molar-refractivity contribution in [2.75, 3.05) is 13.2 Å². The fourth-order valence-corrected chi connectivity index (χ4v) is 4.29. The van der Waals surface area contributed by atoms with Crippen molar-refractivity contribution in [3.63, 3.8) is 0 Å². The molecule has 0 spiro atoms. The van der Waals surface area contributed by atoms with Crippen LogP contribution in [0.15, 0.2) is 0 Å². The Hall–Kier alpha value is -0.770. The van der Waals surface area contributed by atoms with Crippen LogP contribution in [0.5, 0.6) is 0 Å². The molecule has 0 aromatic heterocycles. The lowest BCUT2D eigenvalue weighted by Gasteiger charge is -2.37. The number of carbonyl (C=O) groups is 1. The van der Waals surface area contributed by atoms with Gasteiger partial charge in [-0.3, -0.25) is 0 Å². The van der Waals surface area contributed by atoms with Crippen LogP contribution in [-0.2, 0) is 4.74 Å². The van der Waals surface area contributed by atoms with Gasteiger partial charge in [0.2, 0.25) is 0 Å². The Kier molecular flexibility index (Phi) is 2.77. The first-order valence-corrected chi connectivity index (χ1v) is 6.88. The van der Waals surface area contributed by atoms with Crippen molar-refractivity contribution in [1.82, 2.24) is 5.32 Å². The van der Waals surface area contributed by atoms with E-state index >= 15 is 0 Å². The molecule has 0 aromatic rings. The summed E-state index contributed by atoms with van der Waals surface area (Å²) in [4.78, 5) is 11.5. The molecule has 6 atom stereocenters. The Morgan fingerprint density at radius 1 is 1.24 bits per heavy atom. The normalized spacial score (nSPS) is 46.2. The fraction of sp³-hybridized carbons (Fsp3) is 0.923. The van der Waals surface area contributed by atoms with Crippen molar-refractivity contribution in [1.29, 1.82) is 0 Å². The van der Waals surface area contributed by atoms with E-state index in [2.05, 4.69) is 5.32 Å². The van der Waals surface area contributed by atoms with E-state index in [0.29, 0.717) is 30.4 Å². The van der Waals surface area contributed by atoms with Gasteiger partial charge in [-0.25, -0.2) is 4.79 Å². The Bertz CT molecular complexity index is 303. The van der Waals surface area contributed by atoms with E-state index in [9.17, 15) is 4.79 Å². The van der Waals surface area contributed by atoms with Gasteiger partial charge in [-0.2, -0.15) is 0 Å². The molecule has 3 aliphatic carbocycles. The first-order valence-electron chi connectivity index (χ1n) is 6.88. The highest BCUT2D eigenvalue weighted by atomic mass is 16.5. The number of hydrogen-bond acceptors (Lipinski definition) is 3. The minimum absolute atomic E-state index is 0.236.